The van der Waals surface area contributed by atoms with E-state index in [-0.39, 0.29) is 0 Å². The maximum atomic E-state index is 15.5. The van der Waals surface area contributed by atoms with Gasteiger partial charge in [0.2, 0.25) is 11.6 Å². The first kappa shape index (κ1) is 35.6. The second-order valence-corrected chi connectivity index (χ2v) is 22.9. The zero-order valence-corrected chi connectivity index (χ0v) is 25.4. The highest BCUT2D eigenvalue weighted by atomic mass is 28.3. The summed E-state index contributed by atoms with van der Waals surface area (Å²) in [7, 11) is -7.87. The first-order valence-corrected chi connectivity index (χ1v) is 19.6. The normalized spacial score (nSPS) is 13.8. The quantitative estimate of drug-likeness (QED) is 0.101. The van der Waals surface area contributed by atoms with Crippen LogP contribution in [0, 0.1) is 87.3 Å². The Hall–Kier alpha value is -2.89. The Morgan fingerprint density at radius 2 is 0.500 bits per heavy atom. The summed E-state index contributed by atoms with van der Waals surface area (Å²) >= 11 is 0. The van der Waals surface area contributed by atoms with E-state index >= 15 is 26.3 Å². The van der Waals surface area contributed by atoms with Gasteiger partial charge in [-0.2, -0.15) is 0 Å². The predicted octanol–water partition coefficient (Wildman–Crippen LogP) is 8.88. The van der Waals surface area contributed by atoms with Crippen molar-refractivity contribution in [1.82, 2.24) is 0 Å². The topological polar surface area (TPSA) is 0 Å². The van der Waals surface area contributed by atoms with E-state index in [4.69, 9.17) is 0 Å². The van der Waals surface area contributed by atoms with Gasteiger partial charge in [-0.15, -0.1) is 0 Å². The van der Waals surface area contributed by atoms with Crippen LogP contribution < -0.4 is 5.46 Å². The molecule has 44 heavy (non-hydrogen) atoms. The molecule has 0 aliphatic rings. The van der Waals surface area contributed by atoms with Crippen LogP contribution >= 0.6 is 0 Å². The average molecular weight is 684 g/mol. The van der Waals surface area contributed by atoms with Crippen LogP contribution in [0.15, 0.2) is 0 Å². The molecular formula is C26H20BF15Si2. The van der Waals surface area contributed by atoms with E-state index in [1.54, 1.807) is 0 Å². The van der Waals surface area contributed by atoms with Gasteiger partial charge in [-0.1, -0.05) is 39.3 Å². The fourth-order valence-electron chi connectivity index (χ4n) is 5.53. The number of hydrogen-bond donors (Lipinski definition) is 0. The summed E-state index contributed by atoms with van der Waals surface area (Å²) < 4.78 is 222. The Morgan fingerprint density at radius 1 is 0.318 bits per heavy atom. The lowest BCUT2D eigenvalue weighted by atomic mass is 9.37. The van der Waals surface area contributed by atoms with Crippen LogP contribution in [0.5, 0.6) is 0 Å². The second-order valence-electron chi connectivity index (χ2n) is 12.2. The fraction of sp³-hybridized carbons (Fsp3) is 0.308. The Bertz CT molecular complexity index is 1490. The van der Waals surface area contributed by atoms with Crippen molar-refractivity contribution in [3.63, 3.8) is 0 Å². The Morgan fingerprint density at radius 3 is 0.705 bits per heavy atom. The maximum absolute atomic E-state index is 15.5. The van der Waals surface area contributed by atoms with Crippen LogP contribution in [-0.2, 0) is 0 Å². The molecule has 0 saturated carbocycles. The molecule has 0 nitrogen and oxygen atoms in total. The van der Waals surface area contributed by atoms with Crippen molar-refractivity contribution in [2.45, 2.75) is 50.2 Å². The van der Waals surface area contributed by atoms with Gasteiger partial charge in [0.25, 0.3) is 0 Å². The number of benzene rings is 3. The van der Waals surface area contributed by atoms with Gasteiger partial charge in [0, 0.05) is 27.3 Å². The third-order valence-electron chi connectivity index (χ3n) is 7.27. The smallest absolute Gasteiger partial charge is 0.200 e. The molecule has 0 radical (unpaired) electrons. The van der Waals surface area contributed by atoms with E-state index in [9.17, 15) is 39.5 Å². The highest BCUT2D eigenvalue weighted by Gasteiger charge is 2.55. The predicted molar refractivity (Wildman–Crippen MR) is 136 cm³/mol. The van der Waals surface area contributed by atoms with E-state index in [1.165, 1.54) is 0 Å². The molecule has 3 rings (SSSR count). The van der Waals surface area contributed by atoms with Crippen LogP contribution in [0.4, 0.5) is 65.9 Å². The lowest BCUT2D eigenvalue weighted by molar-refractivity contribution is 0.369. The van der Waals surface area contributed by atoms with Gasteiger partial charge in [0.15, 0.2) is 82.3 Å². The molecule has 0 bridgehead atoms. The SMILES string of the molecule is C[Si](C)(C)C(B(c1c(F)c(F)c(F)c(F)c1F)C(c1c(F)c(F)c(F)c(F)c1F)[Si](C)(C)C)c1c(F)c(F)c(F)c(F)c1F. The van der Waals surface area contributed by atoms with Crippen molar-refractivity contribution >= 4 is 28.3 Å². The van der Waals surface area contributed by atoms with Crippen LogP contribution in [-0.4, -0.2) is 22.9 Å². The lowest BCUT2D eigenvalue weighted by Gasteiger charge is -2.43. The molecule has 2 unspecified atom stereocenters. The Kier molecular flexibility index (Phi) is 9.54. The van der Waals surface area contributed by atoms with Gasteiger partial charge in [0.1, 0.15) is 0 Å². The van der Waals surface area contributed by atoms with Gasteiger partial charge < -0.3 is 0 Å². The summed E-state index contributed by atoms with van der Waals surface area (Å²) in [5.74, 6) is -39.6. The molecule has 0 saturated heterocycles. The highest BCUT2D eigenvalue weighted by molar-refractivity contribution is 7.02. The van der Waals surface area contributed by atoms with Crippen LogP contribution in [0.2, 0.25) is 39.3 Å². The first-order chi connectivity index (χ1) is 19.9. The number of hydrogen-bond acceptors (Lipinski definition) is 0. The molecule has 0 aliphatic heterocycles. The summed E-state index contributed by atoms with van der Waals surface area (Å²) in [5.41, 5.74) is -10.7. The molecule has 0 spiro atoms. The first-order valence-electron chi connectivity index (χ1n) is 12.4. The van der Waals surface area contributed by atoms with Gasteiger partial charge in [-0.05, 0) is 16.3 Å². The molecule has 0 amide bonds. The maximum Gasteiger partial charge on any atom is 0.200 e. The molecule has 3 aromatic rings. The summed E-state index contributed by atoms with van der Waals surface area (Å²) in [6.07, 6.45) is 0. The van der Waals surface area contributed by atoms with E-state index < -0.39 is 138 Å². The van der Waals surface area contributed by atoms with Crippen molar-refractivity contribution in [3.05, 3.63) is 98.4 Å². The molecule has 0 heterocycles. The molecule has 0 aliphatic carbocycles. The van der Waals surface area contributed by atoms with Crippen LogP contribution in [0.25, 0.3) is 0 Å². The molecular weight excluding hydrogens is 664 g/mol. The molecule has 0 aromatic heterocycles. The fourth-order valence-corrected chi connectivity index (χ4v) is 10.8. The third kappa shape index (κ3) is 5.56. The van der Waals surface area contributed by atoms with Gasteiger partial charge in [-0.25, -0.2) is 65.9 Å². The van der Waals surface area contributed by atoms with E-state index in [0.717, 1.165) is 39.3 Å². The monoisotopic (exact) mass is 684 g/mol. The lowest BCUT2D eigenvalue weighted by Crippen LogP contribution is -2.60. The van der Waals surface area contributed by atoms with Gasteiger partial charge >= 0.3 is 0 Å². The summed E-state index contributed by atoms with van der Waals surface area (Å²) in [6, 6.07) is 0. The molecule has 18 heteroatoms. The third-order valence-corrected chi connectivity index (χ3v) is 12.3. The molecule has 0 fully saturated rings. The highest BCUT2D eigenvalue weighted by Crippen LogP contribution is 2.45. The van der Waals surface area contributed by atoms with Crippen LogP contribution in [0.1, 0.15) is 22.0 Å². The van der Waals surface area contributed by atoms with Gasteiger partial charge in [-0.3, -0.25) is 0 Å². The summed E-state index contributed by atoms with van der Waals surface area (Å²) in [6.45, 7) is 3.70. The van der Waals surface area contributed by atoms with Crippen molar-refractivity contribution in [2.24, 2.45) is 0 Å². The molecule has 2 atom stereocenters. The van der Waals surface area contributed by atoms with E-state index in [0.29, 0.717) is 0 Å². The standard InChI is InChI=1S/C26H20BF15Si2/c1-43(2,3)25(7-10(28)16(34)22(40)17(35)11(7)29)27(9-14(32)20(38)24(42)21(39)15(9)33)26(44(4,5)6)8-12(30)18(36)23(41)19(37)13(8)31/h25-26H,1-6H3. The van der Waals surface area contributed by atoms with Crippen molar-refractivity contribution in [1.29, 1.82) is 0 Å². The van der Waals surface area contributed by atoms with Gasteiger partial charge in [0.05, 0.1) is 0 Å². The van der Waals surface area contributed by atoms with Crippen molar-refractivity contribution < 1.29 is 65.9 Å². The number of halogens is 15. The minimum atomic E-state index is -3.93. The molecule has 3 aromatic carbocycles. The largest absolute Gasteiger partial charge is 0.204 e. The van der Waals surface area contributed by atoms with Crippen molar-refractivity contribution in [2.75, 3.05) is 0 Å². The second kappa shape index (κ2) is 11.8. The Balaban J connectivity index is 2.78. The summed E-state index contributed by atoms with van der Waals surface area (Å²) in [4.78, 5) is 0. The van der Waals surface area contributed by atoms with E-state index in [1.807, 2.05) is 0 Å². The minimum Gasteiger partial charge on any atom is -0.204 e. The van der Waals surface area contributed by atoms with Crippen LogP contribution in [0.3, 0.4) is 0 Å². The van der Waals surface area contributed by atoms with E-state index in [2.05, 4.69) is 0 Å². The zero-order valence-electron chi connectivity index (χ0n) is 23.4. The van der Waals surface area contributed by atoms with Crippen molar-refractivity contribution in [3.8, 4) is 0 Å². The molecule has 0 N–H and O–H groups in total. The minimum absolute atomic E-state index is 1.09. The summed E-state index contributed by atoms with van der Waals surface area (Å²) in [5, 5.41) is 0. The molecule has 240 valence electrons. The zero-order chi connectivity index (χ0) is 34.1. The average Bonchev–Trinajstić information content (AvgIpc) is 2.93. The Labute approximate surface area is 243 Å². The number of rotatable bonds is 7.